The van der Waals surface area contributed by atoms with Crippen LogP contribution < -0.4 is 14.4 Å². The number of fused-ring (bicyclic) bond motifs is 2. The minimum absolute atomic E-state index is 0. The molecule has 4 aromatic carbocycles. The minimum atomic E-state index is -1.01. The molecule has 0 aromatic heterocycles. The Balaban J connectivity index is 0.00000320. The van der Waals surface area contributed by atoms with E-state index in [1.165, 1.54) is 23.4 Å². The zero-order valence-electron chi connectivity index (χ0n) is 21.1. The van der Waals surface area contributed by atoms with Crippen LogP contribution in [0.1, 0.15) is 48.0 Å². The average molecular weight is 518 g/mol. The molecule has 1 heterocycles. The lowest BCUT2D eigenvalue weighted by Crippen LogP contribution is -2.37. The quantitative estimate of drug-likeness (QED) is 0.258. The van der Waals surface area contributed by atoms with Crippen LogP contribution in [0, 0.1) is 0 Å². The van der Waals surface area contributed by atoms with Crippen molar-refractivity contribution >= 4 is 40.5 Å². The van der Waals surface area contributed by atoms with Crippen molar-refractivity contribution in [1.82, 2.24) is 0 Å². The van der Waals surface area contributed by atoms with Crippen LogP contribution in [0.4, 0.5) is 11.4 Å². The summed E-state index contributed by atoms with van der Waals surface area (Å²) in [5, 5.41) is 12.3. The van der Waals surface area contributed by atoms with E-state index in [9.17, 15) is 9.90 Å². The Bertz CT molecular complexity index is 1380. The lowest BCUT2D eigenvalue weighted by atomic mass is 9.90. The fourth-order valence-electron chi connectivity index (χ4n) is 5.21. The lowest BCUT2D eigenvalue weighted by molar-refractivity contribution is 0.0693. The van der Waals surface area contributed by atoms with Gasteiger partial charge in [-0.25, -0.2) is 4.79 Å². The number of hydrogen-bond acceptors (Lipinski definition) is 4. The molecule has 4 aromatic rings. The van der Waals surface area contributed by atoms with Crippen LogP contribution >= 0.6 is 12.4 Å². The van der Waals surface area contributed by atoms with Crippen LogP contribution in [0.2, 0.25) is 0 Å². The maximum atomic E-state index is 11.8. The smallest absolute Gasteiger partial charge is 0.339 e. The molecule has 0 aliphatic carbocycles. The molecule has 37 heavy (non-hydrogen) atoms. The van der Waals surface area contributed by atoms with Crippen molar-refractivity contribution in [2.24, 2.45) is 0 Å². The van der Waals surface area contributed by atoms with Gasteiger partial charge < -0.3 is 19.5 Å². The summed E-state index contributed by atoms with van der Waals surface area (Å²) < 4.78 is 11.6. The minimum Gasteiger partial charge on any atom is -0.496 e. The summed E-state index contributed by atoms with van der Waals surface area (Å²) in [4.78, 5) is 14.0. The Hall–Kier alpha value is -3.70. The fraction of sp³-hybridized carbons (Fsp3) is 0.258. The Morgan fingerprint density at radius 2 is 1.81 bits per heavy atom. The Kier molecular flexibility index (Phi) is 8.24. The Morgan fingerprint density at radius 1 is 1.05 bits per heavy atom. The number of anilines is 2. The normalized spacial score (nSPS) is 15.3. The second-order valence-corrected chi connectivity index (χ2v) is 9.41. The van der Waals surface area contributed by atoms with Crippen LogP contribution in [-0.2, 0) is 0 Å². The summed E-state index contributed by atoms with van der Waals surface area (Å²) in [6.45, 7) is 2.96. The van der Waals surface area contributed by atoms with Gasteiger partial charge >= 0.3 is 5.97 Å². The number of carbonyl (C=O) groups is 1. The second-order valence-electron chi connectivity index (χ2n) is 9.41. The summed E-state index contributed by atoms with van der Waals surface area (Å²) >= 11 is 0. The van der Waals surface area contributed by atoms with E-state index in [2.05, 4.69) is 54.3 Å². The number of benzene rings is 4. The van der Waals surface area contributed by atoms with Crippen LogP contribution in [0.15, 0.2) is 84.9 Å². The molecule has 0 saturated heterocycles. The van der Waals surface area contributed by atoms with Crippen molar-refractivity contribution in [3.8, 4) is 11.5 Å². The zero-order valence-corrected chi connectivity index (χ0v) is 21.9. The van der Waals surface area contributed by atoms with Crippen LogP contribution in [0.5, 0.6) is 11.5 Å². The van der Waals surface area contributed by atoms with Crippen LogP contribution in [0.3, 0.4) is 0 Å². The summed E-state index contributed by atoms with van der Waals surface area (Å²) in [7, 11) is 1.49. The van der Waals surface area contributed by atoms with Crippen molar-refractivity contribution in [2.75, 3.05) is 18.6 Å². The molecule has 0 bridgehead atoms. The first kappa shape index (κ1) is 26.4. The molecule has 6 heteroatoms. The molecule has 5 rings (SSSR count). The predicted octanol–water partition coefficient (Wildman–Crippen LogP) is 7.84. The number of hydrogen-bond donors (Lipinski definition) is 1. The highest BCUT2D eigenvalue weighted by Gasteiger charge is 2.27. The standard InChI is InChI=1S/C31H31NO4.ClH/c1-21(25-14-8-11-22-10-3-4-13-26(22)25)9-7-12-24-20-32(28-15-5-6-16-30(28)36-24)23-17-18-29(35-2)27(19-23)31(33)34;/h3-6,8,10-11,13-19,21,24H,7,9,12,20H2,1-2H3,(H,33,34);1H/t21-,24?;/m0./s1. The van der Waals surface area contributed by atoms with Crippen molar-refractivity contribution in [3.63, 3.8) is 0 Å². The summed E-state index contributed by atoms with van der Waals surface area (Å²) in [5.74, 6) is 0.618. The summed E-state index contributed by atoms with van der Waals surface area (Å²) in [6, 6.07) is 28.4. The summed E-state index contributed by atoms with van der Waals surface area (Å²) in [5.41, 5.74) is 3.31. The third-order valence-corrected chi connectivity index (χ3v) is 7.08. The van der Waals surface area contributed by atoms with Gasteiger partial charge in [-0.2, -0.15) is 0 Å². The molecule has 192 valence electrons. The number of carboxylic acid groups (broad SMARTS) is 1. The molecular weight excluding hydrogens is 486 g/mol. The first-order valence-corrected chi connectivity index (χ1v) is 12.5. The monoisotopic (exact) mass is 517 g/mol. The SMILES string of the molecule is COc1ccc(N2CC(CCC[C@H](C)c3cccc4ccccc34)Oc3ccccc32)cc1C(=O)O.Cl. The number of methoxy groups -OCH3 is 1. The Labute approximate surface area is 224 Å². The topological polar surface area (TPSA) is 59.0 Å². The van der Waals surface area contributed by atoms with Crippen LogP contribution in [0.25, 0.3) is 10.8 Å². The Morgan fingerprint density at radius 3 is 2.62 bits per heavy atom. The van der Waals surface area contributed by atoms with Crippen molar-refractivity contribution in [1.29, 1.82) is 0 Å². The molecule has 1 N–H and O–H groups in total. The first-order chi connectivity index (χ1) is 17.5. The van der Waals surface area contributed by atoms with Gasteiger partial charge in [-0.15, -0.1) is 12.4 Å². The van der Waals surface area contributed by atoms with E-state index in [1.807, 2.05) is 30.3 Å². The molecule has 0 saturated carbocycles. The zero-order chi connectivity index (χ0) is 25.1. The number of nitrogens with zero attached hydrogens (tertiary/aromatic N) is 1. The van der Waals surface area contributed by atoms with Gasteiger partial charge in [-0.05, 0) is 71.8 Å². The highest BCUT2D eigenvalue weighted by Crippen LogP contribution is 2.40. The van der Waals surface area contributed by atoms with Gasteiger partial charge in [0, 0.05) is 5.69 Å². The highest BCUT2D eigenvalue weighted by atomic mass is 35.5. The number of carboxylic acids is 1. The van der Waals surface area contributed by atoms with E-state index in [-0.39, 0.29) is 24.1 Å². The van der Waals surface area contributed by atoms with Gasteiger partial charge in [0.1, 0.15) is 23.2 Å². The first-order valence-electron chi connectivity index (χ1n) is 12.5. The number of ether oxygens (including phenoxy) is 2. The third kappa shape index (κ3) is 5.52. The largest absolute Gasteiger partial charge is 0.496 e. The highest BCUT2D eigenvalue weighted by molar-refractivity contribution is 5.93. The second kappa shape index (κ2) is 11.6. The van der Waals surface area contributed by atoms with E-state index in [1.54, 1.807) is 12.1 Å². The van der Waals surface area contributed by atoms with Crippen LogP contribution in [-0.4, -0.2) is 30.8 Å². The van der Waals surface area contributed by atoms with Gasteiger partial charge in [-0.1, -0.05) is 61.5 Å². The number of aromatic carboxylic acids is 1. The van der Waals surface area contributed by atoms with Gasteiger partial charge in [0.25, 0.3) is 0 Å². The molecule has 2 atom stereocenters. The lowest BCUT2D eigenvalue weighted by Gasteiger charge is -2.36. The van der Waals surface area contributed by atoms with E-state index in [0.29, 0.717) is 18.2 Å². The van der Waals surface area contributed by atoms with Gasteiger partial charge in [0.2, 0.25) is 0 Å². The van der Waals surface area contributed by atoms with Crippen molar-refractivity contribution < 1.29 is 19.4 Å². The molecule has 0 amide bonds. The summed E-state index contributed by atoms with van der Waals surface area (Å²) in [6.07, 6.45) is 3.03. The number of rotatable bonds is 8. The maximum absolute atomic E-state index is 11.8. The van der Waals surface area contributed by atoms with Gasteiger partial charge in [-0.3, -0.25) is 0 Å². The molecule has 1 aliphatic rings. The molecule has 1 aliphatic heterocycles. The van der Waals surface area contributed by atoms with Crippen molar-refractivity contribution in [2.45, 2.75) is 38.2 Å². The van der Waals surface area contributed by atoms with E-state index in [0.717, 1.165) is 36.4 Å². The van der Waals surface area contributed by atoms with Crippen molar-refractivity contribution in [3.05, 3.63) is 96.1 Å². The van der Waals surface area contributed by atoms with Gasteiger partial charge in [0.05, 0.1) is 19.3 Å². The molecule has 0 fully saturated rings. The molecule has 0 spiro atoms. The molecular formula is C31H32ClNO4. The molecule has 0 radical (unpaired) electrons. The third-order valence-electron chi connectivity index (χ3n) is 7.08. The van der Waals surface area contributed by atoms with E-state index in [4.69, 9.17) is 9.47 Å². The molecule has 5 nitrogen and oxygen atoms in total. The molecule has 1 unspecified atom stereocenters. The van der Waals surface area contributed by atoms with E-state index < -0.39 is 5.97 Å². The number of para-hydroxylation sites is 2. The number of halogens is 1. The van der Waals surface area contributed by atoms with Gasteiger partial charge in [0.15, 0.2) is 0 Å². The average Bonchev–Trinajstić information content (AvgIpc) is 2.91. The van der Waals surface area contributed by atoms with E-state index >= 15 is 0 Å². The maximum Gasteiger partial charge on any atom is 0.339 e. The fourth-order valence-corrected chi connectivity index (χ4v) is 5.21. The predicted molar refractivity (Wildman–Crippen MR) is 151 cm³/mol.